The molecule has 0 amide bonds. The van der Waals surface area contributed by atoms with Crippen molar-refractivity contribution >= 4 is 29.6 Å². The van der Waals surface area contributed by atoms with Crippen LogP contribution >= 0.6 is 23.4 Å². The zero-order valence-corrected chi connectivity index (χ0v) is 9.02. The summed E-state index contributed by atoms with van der Waals surface area (Å²) in [4.78, 5) is 18.0. The van der Waals surface area contributed by atoms with E-state index in [0.717, 1.165) is 6.29 Å². The zero-order valence-electron chi connectivity index (χ0n) is 7.45. The van der Waals surface area contributed by atoms with Crippen LogP contribution in [0.2, 0.25) is 5.15 Å². The summed E-state index contributed by atoms with van der Waals surface area (Å²) in [7, 11) is 0. The van der Waals surface area contributed by atoms with Gasteiger partial charge in [-0.3, -0.25) is 0 Å². The van der Waals surface area contributed by atoms with E-state index in [1.54, 1.807) is 6.20 Å². The molecule has 72 valence electrons. The van der Waals surface area contributed by atoms with Gasteiger partial charge in [0.1, 0.15) is 11.4 Å². The highest BCUT2D eigenvalue weighted by molar-refractivity contribution is 7.98. The highest BCUT2D eigenvalue weighted by atomic mass is 35.5. The molecule has 5 heteroatoms. The van der Waals surface area contributed by atoms with Gasteiger partial charge in [-0.15, -0.1) is 0 Å². The lowest BCUT2D eigenvalue weighted by Crippen LogP contribution is -1.89. The predicted molar refractivity (Wildman–Crippen MR) is 56.4 cm³/mol. The van der Waals surface area contributed by atoms with Gasteiger partial charge in [-0.2, -0.15) is 0 Å². The second kappa shape index (κ2) is 5.63. The maximum Gasteiger partial charge on any atom is 0.188 e. The van der Waals surface area contributed by atoms with Gasteiger partial charge in [0.25, 0.3) is 0 Å². The van der Waals surface area contributed by atoms with Gasteiger partial charge in [0, 0.05) is 6.20 Å². The van der Waals surface area contributed by atoms with Crippen LogP contribution < -0.4 is 0 Å². The number of thioether (sulfide) groups is 1. The fourth-order valence-electron chi connectivity index (χ4n) is 0.716. The number of hydrogen-bond acceptors (Lipinski definition) is 4. The summed E-state index contributed by atoms with van der Waals surface area (Å²) in [5.74, 6) is 5.36. The number of carbonyl (C=O) groups is 1. The molecule has 0 N–H and O–H groups in total. The largest absolute Gasteiger partial charge is 0.302 e. The molecule has 0 unspecified atom stereocenters. The SMILES string of the molecule is CSc1ncc(C#CCC=O)c(Cl)n1. The molecule has 14 heavy (non-hydrogen) atoms. The molecule has 1 aromatic rings. The number of halogens is 1. The average molecular weight is 227 g/mol. The number of nitrogens with zero attached hydrogens (tertiary/aromatic N) is 2. The van der Waals surface area contributed by atoms with Gasteiger partial charge >= 0.3 is 0 Å². The van der Waals surface area contributed by atoms with Crippen molar-refractivity contribution in [3.8, 4) is 11.8 Å². The van der Waals surface area contributed by atoms with Crippen LogP contribution in [0.3, 0.4) is 0 Å². The molecule has 0 saturated carbocycles. The maximum absolute atomic E-state index is 10.0. The molecule has 0 bridgehead atoms. The van der Waals surface area contributed by atoms with Crippen molar-refractivity contribution in [2.75, 3.05) is 6.26 Å². The fourth-order valence-corrected chi connectivity index (χ4v) is 1.28. The standard InChI is InChI=1S/C9H7ClN2OS/c1-14-9-11-6-7(8(10)12-9)4-2-3-5-13/h5-6H,3H2,1H3. The highest BCUT2D eigenvalue weighted by Gasteiger charge is 2.00. The van der Waals surface area contributed by atoms with E-state index in [2.05, 4.69) is 21.8 Å². The molecule has 0 saturated heterocycles. The van der Waals surface area contributed by atoms with Crippen LogP contribution in [0.15, 0.2) is 11.4 Å². The van der Waals surface area contributed by atoms with E-state index in [1.165, 1.54) is 11.8 Å². The maximum atomic E-state index is 10.0. The lowest BCUT2D eigenvalue weighted by atomic mass is 10.3. The topological polar surface area (TPSA) is 42.9 Å². The van der Waals surface area contributed by atoms with Crippen molar-refractivity contribution in [1.29, 1.82) is 0 Å². The molecule has 3 nitrogen and oxygen atoms in total. The van der Waals surface area contributed by atoms with Crippen LogP contribution in [0.5, 0.6) is 0 Å². The Labute approximate surface area is 91.3 Å². The normalized spacial score (nSPS) is 9.00. The van der Waals surface area contributed by atoms with Crippen molar-refractivity contribution < 1.29 is 4.79 Å². The molecule has 1 rings (SSSR count). The molecule has 0 atom stereocenters. The third-order valence-corrected chi connectivity index (χ3v) is 2.16. The Balaban J connectivity index is 2.90. The predicted octanol–water partition coefficient (Wildman–Crippen LogP) is 1.79. The molecular formula is C9H7ClN2OS. The molecule has 0 fully saturated rings. The minimum absolute atomic E-state index is 0.195. The summed E-state index contributed by atoms with van der Waals surface area (Å²) < 4.78 is 0. The molecule has 0 aliphatic carbocycles. The first-order chi connectivity index (χ1) is 6.77. The first kappa shape index (κ1) is 11.0. The Morgan fingerprint density at radius 1 is 1.71 bits per heavy atom. The van der Waals surface area contributed by atoms with Crippen LogP contribution in [-0.4, -0.2) is 22.5 Å². The Morgan fingerprint density at radius 3 is 3.07 bits per heavy atom. The van der Waals surface area contributed by atoms with Crippen LogP contribution in [0.1, 0.15) is 12.0 Å². The monoisotopic (exact) mass is 226 g/mol. The Hall–Kier alpha value is -1.05. The molecule has 0 aliphatic rings. The molecular weight excluding hydrogens is 220 g/mol. The summed E-state index contributed by atoms with van der Waals surface area (Å²) in [6.07, 6.45) is 4.35. The molecule has 1 aromatic heterocycles. The summed E-state index contributed by atoms with van der Waals surface area (Å²) in [6.45, 7) is 0. The second-order valence-electron chi connectivity index (χ2n) is 2.23. The third-order valence-electron chi connectivity index (χ3n) is 1.31. The minimum atomic E-state index is 0.195. The van der Waals surface area contributed by atoms with Gasteiger partial charge in [0.2, 0.25) is 0 Å². The molecule has 0 spiro atoms. The number of aldehydes is 1. The number of hydrogen-bond donors (Lipinski definition) is 0. The average Bonchev–Trinajstić information content (AvgIpc) is 2.20. The summed E-state index contributed by atoms with van der Waals surface area (Å²) in [6, 6.07) is 0. The van der Waals surface area contributed by atoms with E-state index in [9.17, 15) is 4.79 Å². The molecule has 1 heterocycles. The quantitative estimate of drug-likeness (QED) is 0.254. The van der Waals surface area contributed by atoms with E-state index in [-0.39, 0.29) is 6.42 Å². The lowest BCUT2D eigenvalue weighted by molar-refractivity contribution is -0.107. The van der Waals surface area contributed by atoms with Gasteiger partial charge < -0.3 is 4.79 Å². The first-order valence-corrected chi connectivity index (χ1v) is 5.37. The zero-order chi connectivity index (χ0) is 10.4. The number of carbonyl (C=O) groups excluding carboxylic acids is 1. The minimum Gasteiger partial charge on any atom is -0.302 e. The summed E-state index contributed by atoms with van der Waals surface area (Å²) >= 11 is 7.24. The third kappa shape index (κ3) is 3.02. The van der Waals surface area contributed by atoms with Crippen LogP contribution in [0.25, 0.3) is 0 Å². The van der Waals surface area contributed by atoms with Crippen molar-refractivity contribution in [3.63, 3.8) is 0 Å². The first-order valence-electron chi connectivity index (χ1n) is 3.77. The Bertz CT molecular complexity index is 398. The highest BCUT2D eigenvalue weighted by Crippen LogP contribution is 2.15. The summed E-state index contributed by atoms with van der Waals surface area (Å²) in [5.41, 5.74) is 0.548. The fraction of sp³-hybridized carbons (Fsp3) is 0.222. The van der Waals surface area contributed by atoms with Crippen LogP contribution in [-0.2, 0) is 4.79 Å². The molecule has 0 aromatic carbocycles. The Kier molecular flexibility index (Phi) is 4.44. The van der Waals surface area contributed by atoms with Crippen molar-refractivity contribution in [2.24, 2.45) is 0 Å². The Morgan fingerprint density at radius 2 is 2.50 bits per heavy atom. The van der Waals surface area contributed by atoms with E-state index < -0.39 is 0 Å². The van der Waals surface area contributed by atoms with E-state index in [4.69, 9.17) is 11.6 Å². The second-order valence-corrected chi connectivity index (χ2v) is 3.37. The van der Waals surface area contributed by atoms with E-state index in [1.807, 2.05) is 6.26 Å². The van der Waals surface area contributed by atoms with E-state index >= 15 is 0 Å². The van der Waals surface area contributed by atoms with Gasteiger partial charge in [0.15, 0.2) is 5.16 Å². The van der Waals surface area contributed by atoms with Crippen molar-refractivity contribution in [1.82, 2.24) is 9.97 Å². The summed E-state index contributed by atoms with van der Waals surface area (Å²) in [5, 5.41) is 0.929. The number of rotatable bonds is 2. The number of aromatic nitrogens is 2. The van der Waals surface area contributed by atoms with E-state index in [0.29, 0.717) is 15.9 Å². The van der Waals surface area contributed by atoms with Crippen LogP contribution in [0, 0.1) is 11.8 Å². The molecule has 0 aliphatic heterocycles. The van der Waals surface area contributed by atoms with Crippen LogP contribution in [0.4, 0.5) is 0 Å². The van der Waals surface area contributed by atoms with Gasteiger partial charge in [-0.05, 0) is 6.26 Å². The smallest absolute Gasteiger partial charge is 0.188 e. The lowest BCUT2D eigenvalue weighted by Gasteiger charge is -1.96. The van der Waals surface area contributed by atoms with Gasteiger partial charge in [-0.1, -0.05) is 35.2 Å². The van der Waals surface area contributed by atoms with Gasteiger partial charge in [0.05, 0.1) is 12.0 Å². The van der Waals surface area contributed by atoms with Gasteiger partial charge in [-0.25, -0.2) is 9.97 Å². The van der Waals surface area contributed by atoms with Crippen molar-refractivity contribution in [2.45, 2.75) is 11.6 Å². The van der Waals surface area contributed by atoms with Crippen molar-refractivity contribution in [3.05, 3.63) is 16.9 Å². The molecule has 0 radical (unpaired) electrons.